The molecule has 0 aliphatic carbocycles. The predicted octanol–water partition coefficient (Wildman–Crippen LogP) is 2.91. The van der Waals surface area contributed by atoms with Gasteiger partial charge in [-0.1, -0.05) is 38.1 Å². The number of carbonyl (C=O) groups excluding carboxylic acids is 1. The number of methoxy groups -OCH3 is 1. The SMILES string of the molecule is COc1cccc(CN(CCC(=O)N2CCNCC2)S(=O)(=O)c2ccc(CC(C)C)cc2)c1. The molecule has 1 aliphatic heterocycles. The molecule has 180 valence electrons. The van der Waals surface area contributed by atoms with Crippen LogP contribution in [0.1, 0.15) is 31.4 Å². The van der Waals surface area contributed by atoms with E-state index in [0.29, 0.717) is 24.8 Å². The van der Waals surface area contributed by atoms with Crippen LogP contribution >= 0.6 is 0 Å². The van der Waals surface area contributed by atoms with Gasteiger partial charge in [-0.05, 0) is 47.7 Å². The molecule has 1 heterocycles. The molecular formula is C25H35N3O4S. The number of benzene rings is 2. The second kappa shape index (κ2) is 11.6. The summed E-state index contributed by atoms with van der Waals surface area (Å²) in [7, 11) is -2.20. The van der Waals surface area contributed by atoms with Crippen molar-refractivity contribution in [1.82, 2.24) is 14.5 Å². The van der Waals surface area contributed by atoms with Crippen LogP contribution < -0.4 is 10.1 Å². The molecular weight excluding hydrogens is 438 g/mol. The van der Waals surface area contributed by atoms with E-state index in [2.05, 4.69) is 19.2 Å². The summed E-state index contributed by atoms with van der Waals surface area (Å²) < 4.78 is 33.8. The molecule has 0 unspecified atom stereocenters. The zero-order chi connectivity index (χ0) is 23.8. The third kappa shape index (κ3) is 7.03. The van der Waals surface area contributed by atoms with Gasteiger partial charge in [-0.2, -0.15) is 4.31 Å². The van der Waals surface area contributed by atoms with Gasteiger partial charge in [0.05, 0.1) is 12.0 Å². The number of piperazine rings is 1. The Labute approximate surface area is 197 Å². The molecule has 1 amide bonds. The molecule has 1 fully saturated rings. The van der Waals surface area contributed by atoms with Crippen molar-refractivity contribution < 1.29 is 17.9 Å². The Hall–Kier alpha value is -2.42. The number of hydrogen-bond acceptors (Lipinski definition) is 5. The van der Waals surface area contributed by atoms with E-state index in [4.69, 9.17) is 4.74 Å². The molecule has 33 heavy (non-hydrogen) atoms. The number of amides is 1. The second-order valence-corrected chi connectivity index (χ2v) is 10.8. The lowest BCUT2D eigenvalue weighted by atomic mass is 10.0. The lowest BCUT2D eigenvalue weighted by Crippen LogP contribution is -2.47. The molecule has 2 aromatic rings. The summed E-state index contributed by atoms with van der Waals surface area (Å²) in [6.45, 7) is 7.39. The Bertz CT molecular complexity index is 1020. The molecule has 2 aromatic carbocycles. The Morgan fingerprint density at radius 1 is 1.09 bits per heavy atom. The monoisotopic (exact) mass is 473 g/mol. The fourth-order valence-electron chi connectivity index (χ4n) is 3.97. The first-order chi connectivity index (χ1) is 15.8. The van der Waals surface area contributed by atoms with Gasteiger partial charge < -0.3 is 15.0 Å². The smallest absolute Gasteiger partial charge is 0.243 e. The molecule has 1 saturated heterocycles. The molecule has 1 N–H and O–H groups in total. The summed E-state index contributed by atoms with van der Waals surface area (Å²) in [5.41, 5.74) is 1.92. The first-order valence-corrected chi connectivity index (χ1v) is 12.9. The molecule has 1 aliphatic rings. The number of rotatable bonds is 10. The predicted molar refractivity (Wildman–Crippen MR) is 130 cm³/mol. The fourth-order valence-corrected chi connectivity index (χ4v) is 5.40. The number of sulfonamides is 1. The van der Waals surface area contributed by atoms with Crippen LogP contribution in [0, 0.1) is 5.92 Å². The van der Waals surface area contributed by atoms with Crippen LogP contribution in [0.2, 0.25) is 0 Å². The molecule has 0 radical (unpaired) electrons. The summed E-state index contributed by atoms with van der Waals surface area (Å²) in [5.74, 6) is 1.14. The van der Waals surface area contributed by atoms with E-state index >= 15 is 0 Å². The largest absolute Gasteiger partial charge is 0.497 e. The molecule has 0 bridgehead atoms. The summed E-state index contributed by atoms with van der Waals surface area (Å²) in [6.07, 6.45) is 1.04. The number of nitrogens with one attached hydrogen (secondary N) is 1. The molecule has 7 nitrogen and oxygen atoms in total. The van der Waals surface area contributed by atoms with Gasteiger partial charge in [-0.15, -0.1) is 0 Å². The first kappa shape index (κ1) is 25.2. The highest BCUT2D eigenvalue weighted by atomic mass is 32.2. The quantitative estimate of drug-likeness (QED) is 0.574. The van der Waals surface area contributed by atoms with Crippen molar-refractivity contribution in [3.63, 3.8) is 0 Å². The van der Waals surface area contributed by atoms with Gasteiger partial charge >= 0.3 is 0 Å². The average molecular weight is 474 g/mol. The van der Waals surface area contributed by atoms with E-state index in [1.807, 2.05) is 36.4 Å². The van der Waals surface area contributed by atoms with Crippen molar-refractivity contribution in [2.45, 2.75) is 38.1 Å². The number of nitrogens with zero attached hydrogens (tertiary/aromatic N) is 2. The summed E-state index contributed by atoms with van der Waals surface area (Å²) in [5, 5.41) is 3.23. The van der Waals surface area contributed by atoms with Gasteiger partial charge in [0.2, 0.25) is 15.9 Å². The summed E-state index contributed by atoms with van der Waals surface area (Å²) >= 11 is 0. The normalized spacial score (nSPS) is 14.6. The van der Waals surface area contributed by atoms with E-state index in [-0.39, 0.29) is 30.3 Å². The number of hydrogen-bond donors (Lipinski definition) is 1. The van der Waals surface area contributed by atoms with Gasteiger partial charge in [-0.25, -0.2) is 8.42 Å². The molecule has 0 aromatic heterocycles. The summed E-state index contributed by atoms with van der Waals surface area (Å²) in [4.78, 5) is 14.8. The van der Waals surface area contributed by atoms with Crippen molar-refractivity contribution in [2.75, 3.05) is 39.8 Å². The van der Waals surface area contributed by atoms with E-state index < -0.39 is 10.0 Å². The molecule has 3 rings (SSSR count). The van der Waals surface area contributed by atoms with Crippen LogP contribution in [-0.2, 0) is 27.8 Å². The van der Waals surface area contributed by atoms with Gasteiger partial charge in [0.15, 0.2) is 0 Å². The van der Waals surface area contributed by atoms with Crippen LogP contribution in [0.25, 0.3) is 0 Å². The maximum Gasteiger partial charge on any atom is 0.243 e. The van der Waals surface area contributed by atoms with E-state index in [9.17, 15) is 13.2 Å². The molecule has 0 saturated carbocycles. The van der Waals surface area contributed by atoms with Crippen LogP contribution in [0.5, 0.6) is 5.75 Å². The van der Waals surface area contributed by atoms with Crippen molar-refractivity contribution in [3.8, 4) is 5.75 Å². The minimum Gasteiger partial charge on any atom is -0.497 e. The van der Waals surface area contributed by atoms with E-state index in [1.165, 1.54) is 4.31 Å². The Balaban J connectivity index is 1.81. The Morgan fingerprint density at radius 3 is 2.42 bits per heavy atom. The highest BCUT2D eigenvalue weighted by molar-refractivity contribution is 7.89. The highest BCUT2D eigenvalue weighted by Crippen LogP contribution is 2.22. The molecule has 8 heteroatoms. The molecule has 0 spiro atoms. The van der Waals surface area contributed by atoms with Crippen LogP contribution in [-0.4, -0.2) is 63.4 Å². The van der Waals surface area contributed by atoms with Crippen LogP contribution in [0.3, 0.4) is 0 Å². The van der Waals surface area contributed by atoms with Gasteiger partial charge in [0.25, 0.3) is 0 Å². The number of ether oxygens (including phenoxy) is 1. The standard InChI is InChI=1S/C25H35N3O4S/c1-20(2)17-21-7-9-24(10-8-21)33(30,31)28(19-22-5-4-6-23(18-22)32-3)14-11-25(29)27-15-12-26-13-16-27/h4-10,18,20,26H,11-17,19H2,1-3H3. The van der Waals surface area contributed by atoms with Crippen molar-refractivity contribution >= 4 is 15.9 Å². The minimum atomic E-state index is -3.78. The van der Waals surface area contributed by atoms with Gasteiger partial charge in [-0.3, -0.25) is 4.79 Å². The van der Waals surface area contributed by atoms with Gasteiger partial charge in [0.1, 0.15) is 5.75 Å². The lowest BCUT2D eigenvalue weighted by Gasteiger charge is -2.29. The third-order valence-corrected chi connectivity index (χ3v) is 7.60. The van der Waals surface area contributed by atoms with E-state index in [0.717, 1.165) is 30.6 Å². The van der Waals surface area contributed by atoms with Crippen molar-refractivity contribution in [2.24, 2.45) is 5.92 Å². The highest BCUT2D eigenvalue weighted by Gasteiger charge is 2.27. The second-order valence-electron chi connectivity index (χ2n) is 8.81. The number of carbonyl (C=O) groups is 1. The Morgan fingerprint density at radius 2 is 1.79 bits per heavy atom. The molecule has 0 atom stereocenters. The van der Waals surface area contributed by atoms with Crippen LogP contribution in [0.15, 0.2) is 53.4 Å². The minimum absolute atomic E-state index is 0.0189. The maximum absolute atomic E-state index is 13.6. The summed E-state index contributed by atoms with van der Waals surface area (Å²) in [6, 6.07) is 14.5. The average Bonchev–Trinajstić information content (AvgIpc) is 2.82. The zero-order valence-electron chi connectivity index (χ0n) is 19.8. The van der Waals surface area contributed by atoms with Gasteiger partial charge in [0, 0.05) is 45.7 Å². The lowest BCUT2D eigenvalue weighted by molar-refractivity contribution is -0.131. The van der Waals surface area contributed by atoms with Crippen LogP contribution in [0.4, 0.5) is 0 Å². The Kier molecular flexibility index (Phi) is 8.88. The third-order valence-electron chi connectivity index (χ3n) is 5.74. The van der Waals surface area contributed by atoms with Crippen molar-refractivity contribution in [1.29, 1.82) is 0 Å². The van der Waals surface area contributed by atoms with E-state index in [1.54, 1.807) is 24.1 Å². The fraction of sp³-hybridized carbons (Fsp3) is 0.480. The topological polar surface area (TPSA) is 79.0 Å². The first-order valence-electron chi connectivity index (χ1n) is 11.5. The maximum atomic E-state index is 13.6. The zero-order valence-corrected chi connectivity index (χ0v) is 20.6. The van der Waals surface area contributed by atoms with Crippen molar-refractivity contribution in [3.05, 3.63) is 59.7 Å².